The fraction of sp³-hybridized carbons (Fsp3) is 0.875. The molecule has 2 aliphatic heterocycles. The number of piperidine rings is 1. The van der Waals surface area contributed by atoms with E-state index >= 15 is 0 Å². The van der Waals surface area contributed by atoms with Crippen molar-refractivity contribution in [3.63, 3.8) is 0 Å². The second-order valence-corrected chi connectivity index (χ2v) is 7.00. The Labute approximate surface area is 133 Å². The highest BCUT2D eigenvalue weighted by atomic mass is 16.2. The van der Waals surface area contributed by atoms with Crippen molar-refractivity contribution in [2.45, 2.75) is 39.7 Å². The monoisotopic (exact) mass is 310 g/mol. The van der Waals surface area contributed by atoms with Gasteiger partial charge in [0.2, 0.25) is 5.91 Å². The molecule has 6 nitrogen and oxygen atoms in total. The van der Waals surface area contributed by atoms with Crippen LogP contribution in [0.3, 0.4) is 0 Å². The number of amides is 3. The van der Waals surface area contributed by atoms with E-state index in [1.807, 2.05) is 4.90 Å². The fourth-order valence-electron chi connectivity index (χ4n) is 3.16. The average Bonchev–Trinajstić information content (AvgIpc) is 2.52. The van der Waals surface area contributed by atoms with E-state index in [1.165, 1.54) is 0 Å². The number of likely N-dealkylation sites (tertiary alicyclic amines) is 1. The molecule has 0 aromatic carbocycles. The van der Waals surface area contributed by atoms with Crippen molar-refractivity contribution in [3.05, 3.63) is 0 Å². The normalized spacial score (nSPS) is 26.2. The van der Waals surface area contributed by atoms with Crippen LogP contribution in [-0.2, 0) is 4.79 Å². The standard InChI is InChI=1S/C16H30N4O2/c1-12(2)9-18-16(22)20-7-4-5-14(11-20)15(21)19-8-6-17-13(3)10-19/h12-14,17H,4-11H2,1-3H3,(H,18,22). The van der Waals surface area contributed by atoms with Crippen molar-refractivity contribution in [2.75, 3.05) is 39.3 Å². The zero-order valence-corrected chi connectivity index (χ0v) is 14.1. The van der Waals surface area contributed by atoms with Gasteiger partial charge in [0.05, 0.1) is 5.92 Å². The molecule has 2 N–H and O–H groups in total. The molecule has 2 saturated heterocycles. The molecule has 0 aliphatic carbocycles. The lowest BCUT2D eigenvalue weighted by molar-refractivity contribution is -0.138. The minimum absolute atomic E-state index is 0.0279. The number of hydrogen-bond acceptors (Lipinski definition) is 3. The lowest BCUT2D eigenvalue weighted by Gasteiger charge is -2.38. The second kappa shape index (κ2) is 7.81. The quantitative estimate of drug-likeness (QED) is 0.813. The number of carbonyl (C=O) groups excluding carboxylic acids is 2. The van der Waals surface area contributed by atoms with Crippen molar-refractivity contribution in [2.24, 2.45) is 11.8 Å². The van der Waals surface area contributed by atoms with E-state index in [0.717, 1.165) is 39.0 Å². The van der Waals surface area contributed by atoms with Crippen LogP contribution in [0, 0.1) is 11.8 Å². The molecule has 0 radical (unpaired) electrons. The van der Waals surface area contributed by atoms with Gasteiger partial charge < -0.3 is 20.4 Å². The van der Waals surface area contributed by atoms with E-state index in [4.69, 9.17) is 0 Å². The molecule has 2 aliphatic rings. The highest BCUT2D eigenvalue weighted by Crippen LogP contribution is 2.19. The Hall–Kier alpha value is -1.30. The molecule has 2 atom stereocenters. The first-order valence-corrected chi connectivity index (χ1v) is 8.52. The summed E-state index contributed by atoms with van der Waals surface area (Å²) in [6.07, 6.45) is 1.80. The van der Waals surface area contributed by atoms with E-state index < -0.39 is 0 Å². The summed E-state index contributed by atoms with van der Waals surface area (Å²) in [6.45, 7) is 10.7. The largest absolute Gasteiger partial charge is 0.340 e. The van der Waals surface area contributed by atoms with E-state index in [1.54, 1.807) is 4.90 Å². The van der Waals surface area contributed by atoms with Gasteiger partial charge in [-0.3, -0.25) is 4.79 Å². The Morgan fingerprint density at radius 3 is 2.68 bits per heavy atom. The van der Waals surface area contributed by atoms with Crippen LogP contribution in [0.4, 0.5) is 4.79 Å². The molecule has 126 valence electrons. The van der Waals surface area contributed by atoms with Crippen LogP contribution < -0.4 is 10.6 Å². The van der Waals surface area contributed by atoms with Crippen molar-refractivity contribution >= 4 is 11.9 Å². The molecular formula is C16H30N4O2. The van der Waals surface area contributed by atoms with Gasteiger partial charge in [-0.15, -0.1) is 0 Å². The van der Waals surface area contributed by atoms with E-state index in [9.17, 15) is 9.59 Å². The van der Waals surface area contributed by atoms with Gasteiger partial charge in [0.15, 0.2) is 0 Å². The lowest BCUT2D eigenvalue weighted by atomic mass is 9.96. The summed E-state index contributed by atoms with van der Waals surface area (Å²) in [6, 6.07) is 0.326. The predicted octanol–water partition coefficient (Wildman–Crippen LogP) is 0.884. The molecule has 0 aromatic heterocycles. The number of nitrogens with zero attached hydrogens (tertiary/aromatic N) is 2. The molecule has 2 rings (SSSR count). The highest BCUT2D eigenvalue weighted by Gasteiger charge is 2.32. The van der Waals surface area contributed by atoms with Crippen LogP contribution in [0.1, 0.15) is 33.6 Å². The summed E-state index contributed by atoms with van der Waals surface area (Å²) < 4.78 is 0. The number of piperazine rings is 1. The van der Waals surface area contributed by atoms with Crippen LogP contribution in [-0.4, -0.2) is 67.0 Å². The molecule has 3 amide bonds. The first-order chi connectivity index (χ1) is 10.5. The highest BCUT2D eigenvalue weighted by molar-refractivity contribution is 5.81. The third-order valence-corrected chi connectivity index (χ3v) is 4.40. The van der Waals surface area contributed by atoms with Crippen LogP contribution in [0.5, 0.6) is 0 Å². The third kappa shape index (κ3) is 4.60. The first-order valence-electron chi connectivity index (χ1n) is 8.52. The Kier molecular flexibility index (Phi) is 6.06. The van der Waals surface area contributed by atoms with Crippen LogP contribution in [0.25, 0.3) is 0 Å². The van der Waals surface area contributed by atoms with Gasteiger partial charge in [-0.1, -0.05) is 13.8 Å². The minimum atomic E-state index is -0.0381. The minimum Gasteiger partial charge on any atom is -0.340 e. The van der Waals surface area contributed by atoms with Gasteiger partial charge in [-0.25, -0.2) is 4.79 Å². The molecule has 0 saturated carbocycles. The van der Waals surface area contributed by atoms with Gasteiger partial charge in [-0.05, 0) is 25.7 Å². The van der Waals surface area contributed by atoms with Gasteiger partial charge >= 0.3 is 6.03 Å². The molecule has 0 aromatic rings. The van der Waals surface area contributed by atoms with Gasteiger partial charge in [-0.2, -0.15) is 0 Å². The molecule has 0 spiro atoms. The Balaban J connectivity index is 1.86. The Morgan fingerprint density at radius 1 is 1.23 bits per heavy atom. The fourth-order valence-corrected chi connectivity index (χ4v) is 3.16. The smallest absolute Gasteiger partial charge is 0.317 e. The first kappa shape index (κ1) is 17.1. The van der Waals surface area contributed by atoms with Gasteiger partial charge in [0, 0.05) is 45.3 Å². The zero-order valence-electron chi connectivity index (χ0n) is 14.1. The van der Waals surface area contributed by atoms with E-state index in [-0.39, 0.29) is 17.9 Å². The summed E-state index contributed by atoms with van der Waals surface area (Å²) in [5.74, 6) is 0.618. The maximum Gasteiger partial charge on any atom is 0.317 e. The molecule has 2 heterocycles. The summed E-state index contributed by atoms with van der Waals surface area (Å²) in [5, 5.41) is 6.31. The van der Waals surface area contributed by atoms with Crippen LogP contribution in [0.15, 0.2) is 0 Å². The van der Waals surface area contributed by atoms with Crippen LogP contribution >= 0.6 is 0 Å². The van der Waals surface area contributed by atoms with Crippen molar-refractivity contribution in [1.29, 1.82) is 0 Å². The number of rotatable bonds is 3. The van der Waals surface area contributed by atoms with E-state index in [0.29, 0.717) is 25.0 Å². The molecular weight excluding hydrogens is 280 g/mol. The molecule has 2 fully saturated rings. The van der Waals surface area contributed by atoms with Crippen molar-refractivity contribution < 1.29 is 9.59 Å². The lowest BCUT2D eigenvalue weighted by Crippen LogP contribution is -2.55. The van der Waals surface area contributed by atoms with Crippen molar-refractivity contribution in [1.82, 2.24) is 20.4 Å². The SMILES string of the molecule is CC(C)CNC(=O)N1CCCC(C(=O)N2CCNC(C)C2)C1. The van der Waals surface area contributed by atoms with Gasteiger partial charge in [0.1, 0.15) is 0 Å². The zero-order chi connectivity index (χ0) is 16.1. The van der Waals surface area contributed by atoms with Gasteiger partial charge in [0.25, 0.3) is 0 Å². The number of hydrogen-bond donors (Lipinski definition) is 2. The summed E-state index contributed by atoms with van der Waals surface area (Å²) in [7, 11) is 0. The Bertz CT molecular complexity index is 400. The molecule has 2 unspecified atom stereocenters. The average molecular weight is 310 g/mol. The summed E-state index contributed by atoms with van der Waals surface area (Å²) in [5.41, 5.74) is 0. The molecule has 22 heavy (non-hydrogen) atoms. The molecule has 0 bridgehead atoms. The number of urea groups is 1. The maximum absolute atomic E-state index is 12.7. The van der Waals surface area contributed by atoms with Crippen molar-refractivity contribution in [3.8, 4) is 0 Å². The second-order valence-electron chi connectivity index (χ2n) is 7.00. The third-order valence-electron chi connectivity index (χ3n) is 4.40. The summed E-state index contributed by atoms with van der Waals surface area (Å²) >= 11 is 0. The number of nitrogens with one attached hydrogen (secondary N) is 2. The topological polar surface area (TPSA) is 64.7 Å². The summed E-state index contributed by atoms with van der Waals surface area (Å²) in [4.78, 5) is 28.6. The Morgan fingerprint density at radius 2 is 2.00 bits per heavy atom. The van der Waals surface area contributed by atoms with Crippen LogP contribution in [0.2, 0.25) is 0 Å². The molecule has 6 heteroatoms. The predicted molar refractivity (Wildman–Crippen MR) is 86.6 cm³/mol. The maximum atomic E-state index is 12.7. The number of carbonyl (C=O) groups is 2. The van der Waals surface area contributed by atoms with E-state index in [2.05, 4.69) is 31.4 Å².